The van der Waals surface area contributed by atoms with Crippen LogP contribution in [0.5, 0.6) is 0 Å². The third-order valence-corrected chi connectivity index (χ3v) is 2.44. The molecule has 1 amide bonds. The molecule has 5 N–H and O–H groups in total. The SMILES string of the molecule is Cc1ccc(CNc2cnc(N)cc2C(N)=O)o1. The highest BCUT2D eigenvalue weighted by Gasteiger charge is 2.09. The number of hydrogen-bond donors (Lipinski definition) is 3. The molecule has 0 aliphatic rings. The molecule has 0 fully saturated rings. The molecule has 0 atom stereocenters. The number of furan rings is 1. The van der Waals surface area contributed by atoms with E-state index in [9.17, 15) is 4.79 Å². The van der Waals surface area contributed by atoms with Gasteiger partial charge in [0.25, 0.3) is 5.91 Å². The van der Waals surface area contributed by atoms with Crippen molar-refractivity contribution < 1.29 is 9.21 Å². The van der Waals surface area contributed by atoms with Crippen LogP contribution in [-0.4, -0.2) is 10.9 Å². The number of nitrogens with zero attached hydrogens (tertiary/aromatic N) is 1. The molecule has 6 nitrogen and oxygen atoms in total. The van der Waals surface area contributed by atoms with E-state index in [2.05, 4.69) is 10.3 Å². The van der Waals surface area contributed by atoms with Gasteiger partial charge in [-0.05, 0) is 25.1 Å². The van der Waals surface area contributed by atoms with Crippen molar-refractivity contribution >= 4 is 17.4 Å². The van der Waals surface area contributed by atoms with E-state index < -0.39 is 5.91 Å². The smallest absolute Gasteiger partial charge is 0.250 e. The summed E-state index contributed by atoms with van der Waals surface area (Å²) in [6.07, 6.45) is 1.48. The minimum atomic E-state index is -0.553. The second-order valence-electron chi connectivity index (χ2n) is 3.88. The van der Waals surface area contributed by atoms with Crippen LogP contribution in [0.3, 0.4) is 0 Å². The number of aryl methyl sites for hydroxylation is 1. The number of amides is 1. The summed E-state index contributed by atoms with van der Waals surface area (Å²) in [6, 6.07) is 5.17. The van der Waals surface area contributed by atoms with Gasteiger partial charge >= 0.3 is 0 Å². The Morgan fingerprint density at radius 2 is 2.28 bits per heavy atom. The van der Waals surface area contributed by atoms with Crippen LogP contribution in [0.15, 0.2) is 28.8 Å². The van der Waals surface area contributed by atoms with E-state index in [1.807, 2.05) is 19.1 Å². The van der Waals surface area contributed by atoms with Crippen molar-refractivity contribution in [2.75, 3.05) is 11.1 Å². The maximum Gasteiger partial charge on any atom is 0.250 e. The number of nitrogen functional groups attached to an aromatic ring is 1. The number of carbonyl (C=O) groups is 1. The van der Waals surface area contributed by atoms with Crippen molar-refractivity contribution in [2.24, 2.45) is 5.73 Å². The zero-order valence-corrected chi connectivity index (χ0v) is 9.93. The fraction of sp³-hybridized carbons (Fsp3) is 0.167. The Kier molecular flexibility index (Phi) is 3.18. The topological polar surface area (TPSA) is 107 Å². The third kappa shape index (κ3) is 2.60. The van der Waals surface area contributed by atoms with Gasteiger partial charge in [0.2, 0.25) is 0 Å². The molecular formula is C12H14N4O2. The maximum atomic E-state index is 11.3. The normalized spacial score (nSPS) is 10.3. The van der Waals surface area contributed by atoms with Crippen LogP contribution in [0, 0.1) is 6.92 Å². The van der Waals surface area contributed by atoms with Gasteiger partial charge in [-0.2, -0.15) is 0 Å². The average molecular weight is 246 g/mol. The molecule has 0 radical (unpaired) electrons. The van der Waals surface area contributed by atoms with Crippen LogP contribution in [-0.2, 0) is 6.54 Å². The zero-order valence-electron chi connectivity index (χ0n) is 9.93. The van der Waals surface area contributed by atoms with Crippen LogP contribution in [0.2, 0.25) is 0 Å². The van der Waals surface area contributed by atoms with E-state index in [0.29, 0.717) is 17.8 Å². The molecule has 18 heavy (non-hydrogen) atoms. The van der Waals surface area contributed by atoms with Crippen LogP contribution >= 0.6 is 0 Å². The molecule has 0 aromatic carbocycles. The second-order valence-corrected chi connectivity index (χ2v) is 3.88. The van der Waals surface area contributed by atoms with E-state index in [4.69, 9.17) is 15.9 Å². The molecule has 2 rings (SSSR count). The molecule has 0 saturated carbocycles. The lowest BCUT2D eigenvalue weighted by Gasteiger charge is -2.08. The van der Waals surface area contributed by atoms with Gasteiger partial charge in [0.15, 0.2) is 0 Å². The van der Waals surface area contributed by atoms with Crippen LogP contribution in [0.4, 0.5) is 11.5 Å². The Hall–Kier alpha value is -2.50. The van der Waals surface area contributed by atoms with Gasteiger partial charge in [-0.25, -0.2) is 4.98 Å². The summed E-state index contributed by atoms with van der Waals surface area (Å²) in [6.45, 7) is 2.31. The van der Waals surface area contributed by atoms with Gasteiger partial charge in [-0.1, -0.05) is 0 Å². The molecule has 2 aromatic rings. The molecule has 6 heteroatoms. The monoisotopic (exact) mass is 246 g/mol. The van der Waals surface area contributed by atoms with Crippen molar-refractivity contribution in [3.8, 4) is 0 Å². The van der Waals surface area contributed by atoms with Gasteiger partial charge in [-0.15, -0.1) is 0 Å². The van der Waals surface area contributed by atoms with E-state index in [0.717, 1.165) is 11.5 Å². The van der Waals surface area contributed by atoms with Gasteiger partial charge in [0.1, 0.15) is 17.3 Å². The highest BCUT2D eigenvalue weighted by atomic mass is 16.3. The number of carbonyl (C=O) groups excluding carboxylic acids is 1. The predicted molar refractivity (Wildman–Crippen MR) is 67.9 cm³/mol. The average Bonchev–Trinajstić information content (AvgIpc) is 2.73. The highest BCUT2D eigenvalue weighted by molar-refractivity contribution is 5.98. The lowest BCUT2D eigenvalue weighted by molar-refractivity contribution is 0.100. The quantitative estimate of drug-likeness (QED) is 0.753. The Bertz CT molecular complexity index is 577. The van der Waals surface area contributed by atoms with E-state index in [-0.39, 0.29) is 5.82 Å². The van der Waals surface area contributed by atoms with Gasteiger partial charge in [0.05, 0.1) is 24.0 Å². The minimum Gasteiger partial charge on any atom is -0.465 e. The fourth-order valence-corrected chi connectivity index (χ4v) is 1.58. The Morgan fingerprint density at radius 1 is 1.50 bits per heavy atom. The largest absolute Gasteiger partial charge is 0.465 e. The molecule has 0 saturated heterocycles. The molecule has 0 aliphatic heterocycles. The number of nitrogens with two attached hydrogens (primary N) is 2. The highest BCUT2D eigenvalue weighted by Crippen LogP contribution is 2.17. The van der Waals surface area contributed by atoms with Crippen molar-refractivity contribution in [3.05, 3.63) is 41.5 Å². The first kappa shape index (κ1) is 12.0. The van der Waals surface area contributed by atoms with Gasteiger partial charge < -0.3 is 21.2 Å². The molecule has 0 unspecified atom stereocenters. The minimum absolute atomic E-state index is 0.253. The van der Waals surface area contributed by atoms with Crippen LogP contribution in [0.25, 0.3) is 0 Å². The predicted octanol–water partition coefficient (Wildman–Crippen LogP) is 1.28. The molecular weight excluding hydrogens is 232 g/mol. The molecule has 2 aromatic heterocycles. The first-order chi connectivity index (χ1) is 8.56. The first-order valence-electron chi connectivity index (χ1n) is 5.41. The van der Waals surface area contributed by atoms with Crippen LogP contribution < -0.4 is 16.8 Å². The number of aromatic nitrogens is 1. The maximum absolute atomic E-state index is 11.3. The summed E-state index contributed by atoms with van der Waals surface area (Å²) in [5, 5.41) is 3.04. The molecule has 0 bridgehead atoms. The molecule has 2 heterocycles. The third-order valence-electron chi connectivity index (χ3n) is 2.44. The summed E-state index contributed by atoms with van der Waals surface area (Å²) >= 11 is 0. The number of hydrogen-bond acceptors (Lipinski definition) is 5. The number of pyridine rings is 1. The Labute approximate surface area is 104 Å². The standard InChI is InChI=1S/C12H14N4O2/c1-7-2-3-8(18-7)5-15-10-6-16-11(13)4-9(10)12(14)17/h2-4,6,15H,5H2,1H3,(H2,13,16)(H2,14,17). The summed E-state index contributed by atoms with van der Waals surface area (Å²) in [5.74, 6) is 1.29. The molecule has 0 spiro atoms. The summed E-state index contributed by atoms with van der Waals surface area (Å²) in [5.41, 5.74) is 11.6. The van der Waals surface area contributed by atoms with Crippen molar-refractivity contribution in [3.63, 3.8) is 0 Å². The van der Waals surface area contributed by atoms with Crippen molar-refractivity contribution in [2.45, 2.75) is 13.5 Å². The van der Waals surface area contributed by atoms with E-state index >= 15 is 0 Å². The zero-order chi connectivity index (χ0) is 13.1. The number of primary amides is 1. The Balaban J connectivity index is 2.16. The van der Waals surface area contributed by atoms with Gasteiger partial charge in [-0.3, -0.25) is 4.79 Å². The number of nitrogens with one attached hydrogen (secondary N) is 1. The Morgan fingerprint density at radius 3 is 2.89 bits per heavy atom. The molecule has 0 aliphatic carbocycles. The number of anilines is 2. The summed E-state index contributed by atoms with van der Waals surface area (Å²) in [7, 11) is 0. The molecule has 94 valence electrons. The first-order valence-corrected chi connectivity index (χ1v) is 5.41. The lowest BCUT2D eigenvalue weighted by Crippen LogP contribution is -2.15. The van der Waals surface area contributed by atoms with Crippen molar-refractivity contribution in [1.29, 1.82) is 0 Å². The summed E-state index contributed by atoms with van der Waals surface area (Å²) < 4.78 is 5.41. The second kappa shape index (κ2) is 4.79. The fourth-order valence-electron chi connectivity index (χ4n) is 1.58. The van der Waals surface area contributed by atoms with E-state index in [1.165, 1.54) is 12.3 Å². The number of rotatable bonds is 4. The summed E-state index contributed by atoms with van der Waals surface area (Å²) in [4.78, 5) is 15.2. The van der Waals surface area contributed by atoms with Crippen molar-refractivity contribution in [1.82, 2.24) is 4.98 Å². The van der Waals surface area contributed by atoms with E-state index in [1.54, 1.807) is 0 Å². The van der Waals surface area contributed by atoms with Gasteiger partial charge in [0, 0.05) is 0 Å². The lowest BCUT2D eigenvalue weighted by atomic mass is 10.2. The van der Waals surface area contributed by atoms with Crippen LogP contribution in [0.1, 0.15) is 21.9 Å².